The van der Waals surface area contributed by atoms with Gasteiger partial charge in [-0.15, -0.1) is 0 Å². The molecule has 0 aliphatic carbocycles. The predicted octanol–water partition coefficient (Wildman–Crippen LogP) is 5.37. The molecule has 0 fully saturated rings. The number of ether oxygens (including phenoxy) is 4. The summed E-state index contributed by atoms with van der Waals surface area (Å²) >= 11 is 0. The summed E-state index contributed by atoms with van der Waals surface area (Å²) in [6.07, 6.45) is 1.76. The van der Waals surface area contributed by atoms with E-state index in [4.69, 9.17) is 18.9 Å². The second-order valence-electron chi connectivity index (χ2n) is 7.09. The number of benzene rings is 3. The van der Waals surface area contributed by atoms with Crippen LogP contribution in [0.3, 0.4) is 0 Å². The molecule has 0 saturated heterocycles. The van der Waals surface area contributed by atoms with E-state index < -0.39 is 4.92 Å². The third-order valence-electron chi connectivity index (χ3n) is 4.92. The smallest absolute Gasteiger partial charge is 0.269 e. The number of nitrogens with zero attached hydrogens (tertiary/aromatic N) is 2. The van der Waals surface area contributed by atoms with Crippen LogP contribution in [0.4, 0.5) is 5.69 Å². The van der Waals surface area contributed by atoms with Crippen LogP contribution in [0.1, 0.15) is 23.6 Å². The van der Waals surface area contributed by atoms with Crippen LogP contribution in [0, 0.1) is 21.4 Å². The zero-order valence-electron chi connectivity index (χ0n) is 17.8. The van der Waals surface area contributed by atoms with Crippen molar-refractivity contribution in [1.29, 1.82) is 5.26 Å². The summed E-state index contributed by atoms with van der Waals surface area (Å²) in [5, 5.41) is 20.5. The Hall–Kier alpha value is -4.51. The molecule has 3 aromatic carbocycles. The van der Waals surface area contributed by atoms with Crippen molar-refractivity contribution < 1.29 is 23.9 Å². The number of nitriles is 1. The average Bonchev–Trinajstić information content (AvgIpc) is 3.30. The lowest BCUT2D eigenvalue weighted by molar-refractivity contribution is -0.384. The summed E-state index contributed by atoms with van der Waals surface area (Å²) in [5.41, 5.74) is 2.78. The lowest BCUT2D eigenvalue weighted by Crippen LogP contribution is -2.00. The highest BCUT2D eigenvalue weighted by atomic mass is 16.7. The van der Waals surface area contributed by atoms with E-state index in [1.807, 2.05) is 19.1 Å². The van der Waals surface area contributed by atoms with Crippen LogP contribution < -0.4 is 18.9 Å². The van der Waals surface area contributed by atoms with Crippen LogP contribution in [-0.4, -0.2) is 18.3 Å². The quantitative estimate of drug-likeness (QED) is 0.199. The number of nitro groups is 1. The van der Waals surface area contributed by atoms with Crippen LogP contribution in [-0.2, 0) is 6.61 Å². The molecule has 0 radical (unpaired) electrons. The monoisotopic (exact) mass is 444 g/mol. The number of fused-ring (bicyclic) bond motifs is 1. The fourth-order valence-electron chi connectivity index (χ4n) is 3.29. The molecule has 0 amide bonds. The Kier molecular flexibility index (Phi) is 6.41. The molecule has 1 aliphatic heterocycles. The van der Waals surface area contributed by atoms with E-state index in [9.17, 15) is 15.4 Å². The van der Waals surface area contributed by atoms with Gasteiger partial charge in [-0.1, -0.05) is 6.07 Å². The van der Waals surface area contributed by atoms with E-state index >= 15 is 0 Å². The molecule has 0 N–H and O–H groups in total. The maximum atomic E-state index is 10.8. The second kappa shape index (κ2) is 9.75. The van der Waals surface area contributed by atoms with Crippen LogP contribution >= 0.6 is 0 Å². The molecule has 166 valence electrons. The minimum Gasteiger partial charge on any atom is -0.490 e. The van der Waals surface area contributed by atoms with Gasteiger partial charge in [0.25, 0.3) is 5.69 Å². The molecule has 1 aliphatic rings. The second-order valence-corrected chi connectivity index (χ2v) is 7.09. The van der Waals surface area contributed by atoms with E-state index in [0.29, 0.717) is 35.2 Å². The number of hydrogen-bond acceptors (Lipinski definition) is 7. The standard InChI is InChI=1S/C25H20N2O6/c1-2-30-24-12-18(11-20(14-26)19-6-10-23-25(13-19)33-16-32-23)5-9-22(24)31-15-17-3-7-21(8-4-17)27(28)29/h3-13H,2,15-16H2,1H3/b20-11-. The summed E-state index contributed by atoms with van der Waals surface area (Å²) in [6, 6.07) is 19.2. The molecule has 4 rings (SSSR count). The third-order valence-corrected chi connectivity index (χ3v) is 4.92. The highest BCUT2D eigenvalue weighted by Gasteiger charge is 2.15. The summed E-state index contributed by atoms with van der Waals surface area (Å²) in [7, 11) is 0. The summed E-state index contributed by atoms with van der Waals surface area (Å²) in [6.45, 7) is 2.71. The fourth-order valence-corrected chi connectivity index (χ4v) is 3.29. The SMILES string of the molecule is CCOc1cc(/C=C(/C#N)c2ccc3c(c2)OCO3)ccc1OCc1ccc([N+](=O)[O-])cc1. The maximum Gasteiger partial charge on any atom is 0.269 e. The lowest BCUT2D eigenvalue weighted by atomic mass is 10.0. The largest absolute Gasteiger partial charge is 0.490 e. The molecule has 8 nitrogen and oxygen atoms in total. The van der Waals surface area contributed by atoms with Gasteiger partial charge >= 0.3 is 0 Å². The Balaban J connectivity index is 1.54. The van der Waals surface area contributed by atoms with Crippen molar-refractivity contribution in [3.8, 4) is 29.1 Å². The molecule has 0 unspecified atom stereocenters. The lowest BCUT2D eigenvalue weighted by Gasteiger charge is -2.13. The number of hydrogen-bond donors (Lipinski definition) is 0. The van der Waals surface area contributed by atoms with E-state index in [1.165, 1.54) is 12.1 Å². The van der Waals surface area contributed by atoms with E-state index in [-0.39, 0.29) is 19.1 Å². The third kappa shape index (κ3) is 5.05. The van der Waals surface area contributed by atoms with Gasteiger partial charge in [0, 0.05) is 12.1 Å². The van der Waals surface area contributed by atoms with Crippen molar-refractivity contribution in [3.63, 3.8) is 0 Å². The Morgan fingerprint density at radius 3 is 2.58 bits per heavy atom. The van der Waals surface area contributed by atoms with Gasteiger partial charge in [0.05, 0.1) is 23.2 Å². The highest BCUT2D eigenvalue weighted by Crippen LogP contribution is 2.35. The van der Waals surface area contributed by atoms with Gasteiger partial charge in [-0.2, -0.15) is 5.26 Å². The number of nitro benzene ring substituents is 1. The Labute approximate surface area is 190 Å². The van der Waals surface area contributed by atoms with Crippen molar-refractivity contribution in [3.05, 3.63) is 87.5 Å². The fraction of sp³-hybridized carbons (Fsp3) is 0.160. The first-order chi connectivity index (χ1) is 16.1. The molecule has 33 heavy (non-hydrogen) atoms. The summed E-state index contributed by atoms with van der Waals surface area (Å²) in [5.74, 6) is 2.34. The van der Waals surface area contributed by atoms with Gasteiger partial charge in [0.2, 0.25) is 6.79 Å². The molecule has 1 heterocycles. The van der Waals surface area contributed by atoms with Crippen molar-refractivity contribution in [2.24, 2.45) is 0 Å². The molecule has 0 bridgehead atoms. The molecule has 0 atom stereocenters. The maximum absolute atomic E-state index is 10.8. The average molecular weight is 444 g/mol. The van der Waals surface area contributed by atoms with Crippen LogP contribution in [0.5, 0.6) is 23.0 Å². The molecule has 0 spiro atoms. The van der Waals surface area contributed by atoms with E-state index in [1.54, 1.807) is 42.5 Å². The van der Waals surface area contributed by atoms with Gasteiger partial charge in [-0.25, -0.2) is 0 Å². The van der Waals surface area contributed by atoms with E-state index in [0.717, 1.165) is 16.7 Å². The molecular formula is C25H20N2O6. The first-order valence-corrected chi connectivity index (χ1v) is 10.2. The first kappa shape index (κ1) is 21.7. The number of non-ortho nitro benzene ring substituents is 1. The van der Waals surface area contributed by atoms with E-state index in [2.05, 4.69) is 6.07 Å². The number of rotatable bonds is 8. The molecular weight excluding hydrogens is 424 g/mol. The van der Waals surface area contributed by atoms with Crippen molar-refractivity contribution in [2.45, 2.75) is 13.5 Å². The first-order valence-electron chi connectivity index (χ1n) is 10.2. The molecule has 8 heteroatoms. The molecule has 0 aromatic heterocycles. The van der Waals surface area contributed by atoms with Gasteiger partial charge in [-0.05, 0) is 72.2 Å². The molecule has 0 saturated carbocycles. The van der Waals surface area contributed by atoms with Crippen LogP contribution in [0.15, 0.2) is 60.7 Å². The van der Waals surface area contributed by atoms with Gasteiger partial charge < -0.3 is 18.9 Å². The summed E-state index contributed by atoms with van der Waals surface area (Å²) < 4.78 is 22.4. The van der Waals surface area contributed by atoms with Crippen LogP contribution in [0.25, 0.3) is 11.6 Å². The zero-order chi connectivity index (χ0) is 23.2. The Morgan fingerprint density at radius 1 is 1.06 bits per heavy atom. The summed E-state index contributed by atoms with van der Waals surface area (Å²) in [4.78, 5) is 10.4. The van der Waals surface area contributed by atoms with Gasteiger partial charge in [0.15, 0.2) is 23.0 Å². The van der Waals surface area contributed by atoms with Crippen molar-refractivity contribution >= 4 is 17.3 Å². The molecule has 3 aromatic rings. The Morgan fingerprint density at radius 2 is 1.85 bits per heavy atom. The van der Waals surface area contributed by atoms with Crippen molar-refractivity contribution in [1.82, 2.24) is 0 Å². The highest BCUT2D eigenvalue weighted by molar-refractivity contribution is 5.90. The predicted molar refractivity (Wildman–Crippen MR) is 121 cm³/mol. The topological polar surface area (TPSA) is 104 Å². The van der Waals surface area contributed by atoms with Gasteiger partial charge in [0.1, 0.15) is 6.61 Å². The van der Waals surface area contributed by atoms with Gasteiger partial charge in [-0.3, -0.25) is 10.1 Å². The Bertz CT molecular complexity index is 1240. The number of allylic oxidation sites excluding steroid dienone is 1. The zero-order valence-corrected chi connectivity index (χ0v) is 17.8. The van der Waals surface area contributed by atoms with Crippen molar-refractivity contribution in [2.75, 3.05) is 13.4 Å². The normalized spacial score (nSPS) is 12.2. The minimum absolute atomic E-state index is 0.0284. The van der Waals surface area contributed by atoms with Crippen LogP contribution in [0.2, 0.25) is 0 Å². The minimum atomic E-state index is -0.441.